The molecule has 0 radical (unpaired) electrons. The highest BCUT2D eigenvalue weighted by atomic mass is 35.5. The average molecular weight is 314 g/mol. The Morgan fingerprint density at radius 2 is 1.86 bits per heavy atom. The predicted octanol–water partition coefficient (Wildman–Crippen LogP) is 3.64. The van der Waals surface area contributed by atoms with Gasteiger partial charge in [-0.25, -0.2) is 4.39 Å². The summed E-state index contributed by atoms with van der Waals surface area (Å²) in [5.41, 5.74) is 3.11. The van der Waals surface area contributed by atoms with Crippen molar-refractivity contribution in [2.24, 2.45) is 5.84 Å². The molecule has 2 rings (SSSR count). The summed E-state index contributed by atoms with van der Waals surface area (Å²) in [6.45, 7) is 6.30. The Morgan fingerprint density at radius 1 is 1.24 bits per heavy atom. The van der Waals surface area contributed by atoms with E-state index in [1.165, 1.54) is 31.7 Å². The molecule has 0 saturated carbocycles. The molecule has 3 N–H and O–H groups in total. The molecular weight excluding hydrogens is 289 g/mol. The molecule has 0 aromatic heterocycles. The monoisotopic (exact) mass is 313 g/mol. The fourth-order valence-corrected chi connectivity index (χ4v) is 3.40. The fraction of sp³-hybridized carbons (Fsp3) is 0.625. The van der Waals surface area contributed by atoms with E-state index in [4.69, 9.17) is 17.4 Å². The van der Waals surface area contributed by atoms with Gasteiger partial charge in [0.15, 0.2) is 0 Å². The van der Waals surface area contributed by atoms with E-state index >= 15 is 0 Å². The molecule has 1 saturated heterocycles. The first-order valence-corrected chi connectivity index (χ1v) is 8.00. The summed E-state index contributed by atoms with van der Waals surface area (Å²) in [7, 11) is 0. The van der Waals surface area contributed by atoms with Crippen molar-refractivity contribution in [2.45, 2.75) is 51.1 Å². The summed E-state index contributed by atoms with van der Waals surface area (Å²) < 4.78 is 14.3. The van der Waals surface area contributed by atoms with Gasteiger partial charge in [0.25, 0.3) is 0 Å². The Morgan fingerprint density at radius 3 is 2.38 bits per heavy atom. The maximum Gasteiger partial charge on any atom is 0.129 e. The number of benzene rings is 1. The minimum atomic E-state index is -0.312. The third-order valence-electron chi connectivity index (χ3n) is 4.57. The maximum atomic E-state index is 14.3. The van der Waals surface area contributed by atoms with Gasteiger partial charge in [0.2, 0.25) is 0 Å². The number of hydrogen-bond acceptors (Lipinski definition) is 3. The molecule has 0 amide bonds. The molecule has 1 aliphatic rings. The molecule has 21 heavy (non-hydrogen) atoms. The molecule has 1 fully saturated rings. The Balaban J connectivity index is 2.29. The van der Waals surface area contributed by atoms with Crippen LogP contribution >= 0.6 is 11.6 Å². The quantitative estimate of drug-likeness (QED) is 0.658. The number of hydrazine groups is 1. The second-order valence-corrected chi connectivity index (χ2v) is 6.76. The summed E-state index contributed by atoms with van der Waals surface area (Å²) in [5.74, 6) is 5.46. The first kappa shape index (κ1) is 16.7. The molecule has 1 heterocycles. The van der Waals surface area contributed by atoms with Gasteiger partial charge in [-0.15, -0.1) is 0 Å². The standard InChI is InChI=1S/C16H25ClFN3/c1-16(2,21-9-5-3-4-6-10-21)15(20-19)13-8-7-12(17)11-14(13)18/h7-8,11,15,20H,3-6,9-10,19H2,1-2H3. The Kier molecular flexibility index (Phi) is 5.60. The van der Waals surface area contributed by atoms with Crippen LogP contribution < -0.4 is 11.3 Å². The first-order chi connectivity index (χ1) is 9.96. The van der Waals surface area contributed by atoms with Crippen molar-refractivity contribution in [1.82, 2.24) is 10.3 Å². The fourth-order valence-electron chi connectivity index (χ4n) is 3.24. The van der Waals surface area contributed by atoms with Crippen LogP contribution in [-0.2, 0) is 0 Å². The Labute approximate surface area is 131 Å². The van der Waals surface area contributed by atoms with Gasteiger partial charge in [-0.1, -0.05) is 30.5 Å². The van der Waals surface area contributed by atoms with E-state index in [1.54, 1.807) is 12.1 Å². The van der Waals surface area contributed by atoms with E-state index in [2.05, 4.69) is 24.2 Å². The zero-order valence-corrected chi connectivity index (χ0v) is 13.6. The first-order valence-electron chi connectivity index (χ1n) is 7.63. The molecule has 1 aromatic rings. The minimum Gasteiger partial charge on any atom is -0.296 e. The van der Waals surface area contributed by atoms with Crippen LogP contribution in [0.2, 0.25) is 5.02 Å². The lowest BCUT2D eigenvalue weighted by atomic mass is 9.86. The molecule has 1 unspecified atom stereocenters. The number of nitrogens with two attached hydrogens (primary N) is 1. The van der Waals surface area contributed by atoms with Crippen molar-refractivity contribution in [2.75, 3.05) is 13.1 Å². The van der Waals surface area contributed by atoms with E-state index in [0.29, 0.717) is 10.6 Å². The topological polar surface area (TPSA) is 41.3 Å². The van der Waals surface area contributed by atoms with Crippen molar-refractivity contribution in [3.05, 3.63) is 34.6 Å². The second kappa shape index (κ2) is 7.05. The molecule has 0 bridgehead atoms. The van der Waals surface area contributed by atoms with Gasteiger partial charge in [-0.05, 0) is 51.9 Å². The normalized spacial score (nSPS) is 19.3. The summed E-state index contributed by atoms with van der Waals surface area (Å²) in [5, 5.41) is 0.402. The van der Waals surface area contributed by atoms with Crippen LogP contribution in [-0.4, -0.2) is 23.5 Å². The van der Waals surface area contributed by atoms with Crippen LogP contribution in [0.25, 0.3) is 0 Å². The lowest BCUT2D eigenvalue weighted by Crippen LogP contribution is -2.54. The number of hydrogen-bond donors (Lipinski definition) is 2. The molecule has 1 atom stereocenters. The van der Waals surface area contributed by atoms with Crippen LogP contribution in [0.15, 0.2) is 18.2 Å². The predicted molar refractivity (Wildman–Crippen MR) is 85.6 cm³/mol. The second-order valence-electron chi connectivity index (χ2n) is 6.32. The highest BCUT2D eigenvalue weighted by molar-refractivity contribution is 6.30. The van der Waals surface area contributed by atoms with Crippen LogP contribution in [0, 0.1) is 5.82 Å². The van der Waals surface area contributed by atoms with Gasteiger partial charge >= 0.3 is 0 Å². The Bertz CT molecular complexity index is 471. The maximum absolute atomic E-state index is 14.3. The summed E-state index contributed by atoms with van der Waals surface area (Å²) in [6.07, 6.45) is 4.90. The van der Waals surface area contributed by atoms with Crippen molar-refractivity contribution in [3.63, 3.8) is 0 Å². The molecule has 0 spiro atoms. The highest BCUT2D eigenvalue weighted by Gasteiger charge is 2.37. The number of nitrogens with zero attached hydrogens (tertiary/aromatic N) is 1. The van der Waals surface area contributed by atoms with Gasteiger partial charge in [0.1, 0.15) is 5.82 Å². The lowest BCUT2D eigenvalue weighted by molar-refractivity contribution is 0.0820. The molecule has 118 valence electrons. The summed E-state index contributed by atoms with van der Waals surface area (Å²) >= 11 is 5.85. The minimum absolute atomic E-state index is 0.270. The van der Waals surface area contributed by atoms with Gasteiger partial charge < -0.3 is 0 Å². The van der Waals surface area contributed by atoms with Crippen LogP contribution in [0.3, 0.4) is 0 Å². The number of rotatable bonds is 4. The van der Waals surface area contributed by atoms with E-state index in [0.717, 1.165) is 13.1 Å². The van der Waals surface area contributed by atoms with Gasteiger partial charge in [-0.3, -0.25) is 16.2 Å². The number of likely N-dealkylation sites (tertiary alicyclic amines) is 1. The molecular formula is C16H25ClFN3. The SMILES string of the molecule is CC(C)(C(NN)c1ccc(Cl)cc1F)N1CCCCCC1. The molecule has 0 aliphatic carbocycles. The van der Waals surface area contributed by atoms with Crippen molar-refractivity contribution in [1.29, 1.82) is 0 Å². The summed E-state index contributed by atoms with van der Waals surface area (Å²) in [4.78, 5) is 2.42. The van der Waals surface area contributed by atoms with Gasteiger partial charge in [0, 0.05) is 16.1 Å². The Hall–Kier alpha value is -0.680. The highest BCUT2D eigenvalue weighted by Crippen LogP contribution is 2.34. The van der Waals surface area contributed by atoms with Crippen molar-refractivity contribution >= 4 is 11.6 Å². The van der Waals surface area contributed by atoms with Crippen LogP contribution in [0.1, 0.15) is 51.1 Å². The van der Waals surface area contributed by atoms with E-state index in [-0.39, 0.29) is 17.4 Å². The van der Waals surface area contributed by atoms with Gasteiger partial charge in [-0.2, -0.15) is 0 Å². The molecule has 3 nitrogen and oxygen atoms in total. The zero-order chi connectivity index (χ0) is 15.5. The third kappa shape index (κ3) is 3.75. The average Bonchev–Trinajstić information content (AvgIpc) is 2.71. The molecule has 1 aliphatic heterocycles. The summed E-state index contributed by atoms with van der Waals surface area (Å²) in [6, 6.07) is 4.50. The van der Waals surface area contributed by atoms with E-state index in [1.807, 2.05) is 0 Å². The number of nitrogens with one attached hydrogen (secondary N) is 1. The lowest BCUT2D eigenvalue weighted by Gasteiger charge is -2.44. The van der Waals surface area contributed by atoms with Gasteiger partial charge in [0.05, 0.1) is 6.04 Å². The third-order valence-corrected chi connectivity index (χ3v) is 4.80. The largest absolute Gasteiger partial charge is 0.296 e. The zero-order valence-electron chi connectivity index (χ0n) is 12.8. The van der Waals surface area contributed by atoms with Crippen molar-refractivity contribution in [3.8, 4) is 0 Å². The van der Waals surface area contributed by atoms with Crippen molar-refractivity contribution < 1.29 is 4.39 Å². The van der Waals surface area contributed by atoms with E-state index < -0.39 is 0 Å². The number of halogens is 2. The van der Waals surface area contributed by atoms with Crippen LogP contribution in [0.5, 0.6) is 0 Å². The van der Waals surface area contributed by atoms with Crippen LogP contribution in [0.4, 0.5) is 4.39 Å². The smallest absolute Gasteiger partial charge is 0.129 e. The molecule has 1 aromatic carbocycles. The molecule has 5 heteroatoms. The van der Waals surface area contributed by atoms with E-state index in [9.17, 15) is 4.39 Å².